The standard InChI is InChI=1S/C10H19N3O/c1-8(2)10-12-11-9(13(10)3)6-5-7-14-4/h8H,5-7H2,1-4H3. The van der Waals surface area contributed by atoms with Crippen LogP contribution in [-0.4, -0.2) is 28.5 Å². The maximum atomic E-state index is 5.00. The second-order valence-corrected chi connectivity index (χ2v) is 3.78. The van der Waals surface area contributed by atoms with Crippen LogP contribution in [0, 0.1) is 0 Å². The van der Waals surface area contributed by atoms with Crippen molar-refractivity contribution in [2.24, 2.45) is 7.05 Å². The summed E-state index contributed by atoms with van der Waals surface area (Å²) in [7, 11) is 3.74. The molecule has 4 heteroatoms. The average Bonchev–Trinajstić information content (AvgIpc) is 2.48. The first-order chi connectivity index (χ1) is 6.66. The van der Waals surface area contributed by atoms with Gasteiger partial charge in [0.05, 0.1) is 0 Å². The Labute approximate surface area is 85.3 Å². The minimum Gasteiger partial charge on any atom is -0.385 e. The molecule has 0 spiro atoms. The fourth-order valence-corrected chi connectivity index (χ4v) is 1.47. The lowest BCUT2D eigenvalue weighted by atomic mass is 10.2. The Morgan fingerprint density at radius 1 is 1.36 bits per heavy atom. The summed E-state index contributed by atoms with van der Waals surface area (Å²) in [5.41, 5.74) is 0. The number of nitrogens with zero attached hydrogens (tertiary/aromatic N) is 3. The molecule has 0 aliphatic rings. The van der Waals surface area contributed by atoms with E-state index in [-0.39, 0.29) is 0 Å². The summed E-state index contributed by atoms with van der Waals surface area (Å²) in [5.74, 6) is 2.53. The van der Waals surface area contributed by atoms with E-state index in [1.54, 1.807) is 7.11 Å². The number of hydrogen-bond acceptors (Lipinski definition) is 3. The van der Waals surface area contributed by atoms with Crippen LogP contribution in [0.15, 0.2) is 0 Å². The van der Waals surface area contributed by atoms with Gasteiger partial charge in [0.15, 0.2) is 0 Å². The van der Waals surface area contributed by atoms with Gasteiger partial charge in [-0.3, -0.25) is 0 Å². The maximum absolute atomic E-state index is 5.00. The van der Waals surface area contributed by atoms with Crippen LogP contribution in [0.4, 0.5) is 0 Å². The summed E-state index contributed by atoms with van der Waals surface area (Å²) in [5, 5.41) is 8.33. The molecule has 0 radical (unpaired) electrons. The number of hydrogen-bond donors (Lipinski definition) is 0. The van der Waals surface area contributed by atoms with Crippen molar-refractivity contribution in [3.8, 4) is 0 Å². The summed E-state index contributed by atoms with van der Waals surface area (Å²) in [6.07, 6.45) is 1.94. The van der Waals surface area contributed by atoms with E-state index in [4.69, 9.17) is 4.74 Å². The second-order valence-electron chi connectivity index (χ2n) is 3.78. The summed E-state index contributed by atoms with van der Waals surface area (Å²) < 4.78 is 7.08. The molecule has 1 rings (SSSR count). The first kappa shape index (κ1) is 11.2. The maximum Gasteiger partial charge on any atom is 0.135 e. The lowest BCUT2D eigenvalue weighted by molar-refractivity contribution is 0.194. The van der Waals surface area contributed by atoms with Gasteiger partial charge < -0.3 is 9.30 Å². The fraction of sp³-hybridized carbons (Fsp3) is 0.800. The third-order valence-electron chi connectivity index (χ3n) is 2.26. The van der Waals surface area contributed by atoms with Crippen LogP contribution in [-0.2, 0) is 18.2 Å². The highest BCUT2D eigenvalue weighted by Crippen LogP contribution is 2.12. The third kappa shape index (κ3) is 2.54. The van der Waals surface area contributed by atoms with Crippen LogP contribution in [0.1, 0.15) is 37.8 Å². The van der Waals surface area contributed by atoms with E-state index in [0.29, 0.717) is 5.92 Å². The van der Waals surface area contributed by atoms with Gasteiger partial charge in [-0.15, -0.1) is 10.2 Å². The summed E-state index contributed by atoms with van der Waals surface area (Å²) in [4.78, 5) is 0. The largest absolute Gasteiger partial charge is 0.385 e. The molecule has 0 atom stereocenters. The van der Waals surface area contributed by atoms with Crippen molar-refractivity contribution < 1.29 is 4.74 Å². The van der Waals surface area contributed by atoms with Gasteiger partial charge in [-0.25, -0.2) is 0 Å². The summed E-state index contributed by atoms with van der Waals surface area (Å²) in [6.45, 7) is 5.04. The molecular weight excluding hydrogens is 178 g/mol. The van der Waals surface area contributed by atoms with E-state index < -0.39 is 0 Å². The zero-order chi connectivity index (χ0) is 10.6. The van der Waals surface area contributed by atoms with Crippen molar-refractivity contribution in [2.45, 2.75) is 32.6 Å². The van der Waals surface area contributed by atoms with Crippen molar-refractivity contribution in [1.29, 1.82) is 0 Å². The molecule has 0 N–H and O–H groups in total. The highest BCUT2D eigenvalue weighted by atomic mass is 16.5. The molecule has 0 unspecified atom stereocenters. The molecule has 1 heterocycles. The molecule has 0 fully saturated rings. The molecular formula is C10H19N3O. The average molecular weight is 197 g/mol. The van der Waals surface area contributed by atoms with E-state index in [2.05, 4.69) is 28.6 Å². The van der Waals surface area contributed by atoms with Crippen molar-refractivity contribution in [1.82, 2.24) is 14.8 Å². The van der Waals surface area contributed by atoms with Crippen LogP contribution in [0.3, 0.4) is 0 Å². The number of ether oxygens (including phenoxy) is 1. The minimum absolute atomic E-state index is 0.434. The van der Waals surface area contributed by atoms with Crippen LogP contribution in [0.2, 0.25) is 0 Å². The predicted octanol–water partition coefficient (Wildman–Crippen LogP) is 1.52. The van der Waals surface area contributed by atoms with Crippen LogP contribution < -0.4 is 0 Å². The van der Waals surface area contributed by atoms with Crippen molar-refractivity contribution in [3.05, 3.63) is 11.6 Å². The van der Waals surface area contributed by atoms with Crippen molar-refractivity contribution in [2.75, 3.05) is 13.7 Å². The van der Waals surface area contributed by atoms with Gasteiger partial charge in [0, 0.05) is 33.1 Å². The van der Waals surface area contributed by atoms with Crippen LogP contribution in [0.5, 0.6) is 0 Å². The number of methoxy groups -OCH3 is 1. The van der Waals surface area contributed by atoms with E-state index in [1.165, 1.54) is 0 Å². The van der Waals surface area contributed by atoms with E-state index >= 15 is 0 Å². The van der Waals surface area contributed by atoms with E-state index in [9.17, 15) is 0 Å². The Morgan fingerprint density at radius 2 is 2.07 bits per heavy atom. The van der Waals surface area contributed by atoms with E-state index in [1.807, 2.05) is 7.05 Å². The molecule has 1 aromatic heterocycles. The van der Waals surface area contributed by atoms with Gasteiger partial charge in [-0.2, -0.15) is 0 Å². The van der Waals surface area contributed by atoms with Crippen molar-refractivity contribution >= 4 is 0 Å². The second kappa shape index (κ2) is 5.10. The Hall–Kier alpha value is -0.900. The smallest absolute Gasteiger partial charge is 0.135 e. The number of rotatable bonds is 5. The molecule has 0 aliphatic heterocycles. The quantitative estimate of drug-likeness (QED) is 0.672. The first-order valence-electron chi connectivity index (χ1n) is 5.04. The molecule has 14 heavy (non-hydrogen) atoms. The van der Waals surface area contributed by atoms with Gasteiger partial charge in [0.1, 0.15) is 11.6 Å². The molecule has 0 saturated carbocycles. The topological polar surface area (TPSA) is 39.9 Å². The SMILES string of the molecule is COCCCc1nnc(C(C)C)n1C. The molecule has 1 aromatic rings. The molecule has 0 amide bonds. The van der Waals surface area contributed by atoms with Gasteiger partial charge in [-0.1, -0.05) is 13.8 Å². The normalized spacial score (nSPS) is 11.2. The molecule has 0 aromatic carbocycles. The molecule has 0 bridgehead atoms. The Balaban J connectivity index is 2.60. The lowest BCUT2D eigenvalue weighted by Gasteiger charge is -2.05. The highest BCUT2D eigenvalue weighted by molar-refractivity contribution is 4.99. The lowest BCUT2D eigenvalue weighted by Crippen LogP contribution is -2.04. The van der Waals surface area contributed by atoms with Crippen LogP contribution in [0.25, 0.3) is 0 Å². The predicted molar refractivity (Wildman–Crippen MR) is 55.3 cm³/mol. The molecule has 80 valence electrons. The third-order valence-corrected chi connectivity index (χ3v) is 2.26. The molecule has 0 saturated heterocycles. The fourth-order valence-electron chi connectivity index (χ4n) is 1.47. The zero-order valence-corrected chi connectivity index (χ0v) is 9.45. The van der Waals surface area contributed by atoms with Crippen LogP contribution >= 0.6 is 0 Å². The highest BCUT2D eigenvalue weighted by Gasteiger charge is 2.10. The monoisotopic (exact) mass is 197 g/mol. The van der Waals surface area contributed by atoms with Gasteiger partial charge in [0.25, 0.3) is 0 Å². The summed E-state index contributed by atoms with van der Waals surface area (Å²) in [6, 6.07) is 0. The van der Waals surface area contributed by atoms with Crippen molar-refractivity contribution in [3.63, 3.8) is 0 Å². The summed E-state index contributed by atoms with van der Waals surface area (Å²) >= 11 is 0. The Kier molecular flexibility index (Phi) is 4.07. The zero-order valence-electron chi connectivity index (χ0n) is 9.45. The van der Waals surface area contributed by atoms with Gasteiger partial charge >= 0.3 is 0 Å². The van der Waals surface area contributed by atoms with E-state index in [0.717, 1.165) is 31.1 Å². The van der Waals surface area contributed by atoms with Gasteiger partial charge in [-0.05, 0) is 6.42 Å². The Morgan fingerprint density at radius 3 is 2.57 bits per heavy atom. The Bertz CT molecular complexity index is 281. The van der Waals surface area contributed by atoms with Gasteiger partial charge in [0.2, 0.25) is 0 Å². The molecule has 4 nitrogen and oxygen atoms in total. The molecule has 0 aliphatic carbocycles. The minimum atomic E-state index is 0.434. The first-order valence-corrected chi connectivity index (χ1v) is 5.04. The number of aryl methyl sites for hydroxylation is 1. The number of aromatic nitrogens is 3.